The number of rotatable bonds is 4. The van der Waals surface area contributed by atoms with Gasteiger partial charge in [0.25, 0.3) is 0 Å². The van der Waals surface area contributed by atoms with Crippen molar-refractivity contribution in [2.24, 2.45) is 0 Å². The molecule has 1 aromatic heterocycles. The van der Waals surface area contributed by atoms with Gasteiger partial charge in [0.2, 0.25) is 0 Å². The summed E-state index contributed by atoms with van der Waals surface area (Å²) in [7, 11) is 0. The zero-order valence-corrected chi connectivity index (χ0v) is 26.4. The van der Waals surface area contributed by atoms with Gasteiger partial charge >= 0.3 is 0 Å². The molecular formula is C48H30O. The van der Waals surface area contributed by atoms with Gasteiger partial charge in [-0.3, -0.25) is 0 Å². The Kier molecular flexibility index (Phi) is 5.38. The Labute approximate surface area is 289 Å². The maximum absolute atomic E-state index is 9.41. The average molecular weight is 627 g/mol. The van der Waals surface area contributed by atoms with Gasteiger partial charge in [0.15, 0.2) is 0 Å². The first kappa shape index (κ1) is 23.8. The highest BCUT2D eigenvalue weighted by Gasteiger charge is 2.20. The van der Waals surface area contributed by atoms with E-state index in [2.05, 4.69) is 84.9 Å². The Hall–Kier alpha value is -6.44. The van der Waals surface area contributed by atoms with Crippen molar-refractivity contribution in [3.05, 3.63) is 182 Å². The molecule has 228 valence electrons. The first-order chi connectivity index (χ1) is 26.0. The van der Waals surface area contributed by atoms with Crippen molar-refractivity contribution in [2.75, 3.05) is 0 Å². The molecule has 0 atom stereocenters. The molecule has 0 saturated carbocycles. The van der Waals surface area contributed by atoms with E-state index in [1.807, 2.05) is 72.8 Å². The fourth-order valence-corrected chi connectivity index (χ4v) is 7.50. The summed E-state index contributed by atoms with van der Waals surface area (Å²) in [6, 6.07) is 53.0. The summed E-state index contributed by atoms with van der Waals surface area (Å²) in [5.41, 5.74) is 8.39. The second-order valence-electron chi connectivity index (χ2n) is 12.5. The van der Waals surface area contributed by atoms with Crippen LogP contribution in [0, 0.1) is 0 Å². The molecule has 0 unspecified atom stereocenters. The molecule has 0 aliphatic heterocycles. The van der Waals surface area contributed by atoms with Crippen LogP contribution < -0.4 is 0 Å². The van der Waals surface area contributed by atoms with E-state index in [0.29, 0.717) is 11.1 Å². The minimum absolute atomic E-state index is 0.0597. The van der Waals surface area contributed by atoms with Gasteiger partial charge in [-0.15, -0.1) is 0 Å². The third kappa shape index (κ3) is 4.47. The minimum Gasteiger partial charge on any atom is -0.456 e. The van der Waals surface area contributed by atoms with Crippen LogP contribution in [-0.2, 0) is 0 Å². The molecule has 1 heteroatoms. The Morgan fingerprint density at radius 3 is 1.55 bits per heavy atom. The van der Waals surface area contributed by atoms with E-state index in [0.717, 1.165) is 87.6 Å². The van der Waals surface area contributed by atoms with Crippen molar-refractivity contribution in [1.82, 2.24) is 0 Å². The third-order valence-corrected chi connectivity index (χ3v) is 9.78. The lowest BCUT2D eigenvalue weighted by molar-refractivity contribution is 0.669. The van der Waals surface area contributed by atoms with E-state index in [1.54, 1.807) is 0 Å². The first-order valence-corrected chi connectivity index (χ1v) is 16.5. The monoisotopic (exact) mass is 626 g/mol. The van der Waals surface area contributed by atoms with E-state index in [1.165, 1.54) is 0 Å². The van der Waals surface area contributed by atoms with Crippen LogP contribution in [0.25, 0.3) is 98.8 Å². The molecule has 0 radical (unpaired) electrons. The van der Waals surface area contributed by atoms with Crippen molar-refractivity contribution >= 4 is 54.3 Å². The normalized spacial score (nSPS) is 12.8. The maximum Gasteiger partial charge on any atom is 0.136 e. The molecule has 1 heterocycles. The van der Waals surface area contributed by atoms with Crippen molar-refractivity contribution < 1.29 is 9.90 Å². The smallest absolute Gasteiger partial charge is 0.136 e. The summed E-state index contributed by atoms with van der Waals surface area (Å²) in [5, 5.41) is 8.22. The van der Waals surface area contributed by atoms with Crippen LogP contribution in [-0.4, -0.2) is 0 Å². The van der Waals surface area contributed by atoms with Crippen molar-refractivity contribution in [2.45, 2.75) is 0 Å². The predicted octanol–water partition coefficient (Wildman–Crippen LogP) is 13.7. The molecule has 0 spiro atoms. The summed E-state index contributed by atoms with van der Waals surface area (Å²) in [4.78, 5) is 0. The Morgan fingerprint density at radius 1 is 0.347 bits per heavy atom. The highest BCUT2D eigenvalue weighted by Crippen LogP contribution is 2.47. The third-order valence-electron chi connectivity index (χ3n) is 9.78. The van der Waals surface area contributed by atoms with Gasteiger partial charge in [-0.05, 0) is 101 Å². The van der Waals surface area contributed by atoms with Crippen LogP contribution in [0.2, 0.25) is 0 Å². The van der Waals surface area contributed by atoms with E-state index < -0.39 is 0 Å². The highest BCUT2D eigenvalue weighted by atomic mass is 16.3. The highest BCUT2D eigenvalue weighted by molar-refractivity contribution is 6.23. The maximum atomic E-state index is 9.41. The fraction of sp³-hybridized carbons (Fsp3) is 0. The van der Waals surface area contributed by atoms with E-state index in [4.69, 9.17) is 7.16 Å². The minimum atomic E-state index is -0.253. The zero-order valence-electron chi connectivity index (χ0n) is 30.4. The number of furan rings is 1. The quantitative estimate of drug-likeness (QED) is 0.177. The Bertz CT molecular complexity index is 3030. The number of hydrogen-bond acceptors (Lipinski definition) is 1. The summed E-state index contributed by atoms with van der Waals surface area (Å²) >= 11 is 0. The van der Waals surface area contributed by atoms with Gasteiger partial charge in [0.1, 0.15) is 11.2 Å². The van der Waals surface area contributed by atoms with Crippen LogP contribution in [0.5, 0.6) is 0 Å². The van der Waals surface area contributed by atoms with Gasteiger partial charge in [-0.1, -0.05) is 158 Å². The standard InChI is InChI=1S/C48H30O/c1-2-12-31(13-3-1)32-22-24-33(25-23-32)37-16-6-7-17-38(37)48-41-20-10-8-18-39(41)47(40-19-9-11-21-42(40)48)36-26-27-45-43(29-36)44-28-34-14-4-5-15-35(34)30-46(44)49-45/h1-30H/i6D,7D,16D,17D. The lowest BCUT2D eigenvalue weighted by Crippen LogP contribution is -1.92. The number of hydrogen-bond donors (Lipinski definition) is 0. The summed E-state index contributed by atoms with van der Waals surface area (Å²) in [6.45, 7) is 0. The molecular weight excluding hydrogens is 593 g/mol. The van der Waals surface area contributed by atoms with Crippen LogP contribution in [0.1, 0.15) is 5.48 Å². The van der Waals surface area contributed by atoms with Crippen LogP contribution in [0.15, 0.2) is 186 Å². The lowest BCUT2D eigenvalue weighted by Gasteiger charge is -2.20. The average Bonchev–Trinajstić information content (AvgIpc) is 3.56. The summed E-state index contributed by atoms with van der Waals surface area (Å²) < 4.78 is 42.6. The van der Waals surface area contributed by atoms with Crippen molar-refractivity contribution in [3.63, 3.8) is 0 Å². The fourth-order valence-electron chi connectivity index (χ4n) is 7.50. The van der Waals surface area contributed by atoms with E-state index in [-0.39, 0.29) is 24.2 Å². The van der Waals surface area contributed by atoms with E-state index in [9.17, 15) is 2.74 Å². The molecule has 0 fully saturated rings. The largest absolute Gasteiger partial charge is 0.456 e. The Balaban J connectivity index is 1.26. The molecule has 10 aromatic rings. The summed E-state index contributed by atoms with van der Waals surface area (Å²) in [6.07, 6.45) is 0. The van der Waals surface area contributed by atoms with Crippen molar-refractivity contribution in [1.29, 1.82) is 0 Å². The van der Waals surface area contributed by atoms with Crippen LogP contribution >= 0.6 is 0 Å². The first-order valence-electron chi connectivity index (χ1n) is 18.5. The molecule has 9 aromatic carbocycles. The SMILES string of the molecule is [2H]c1c([2H])c([2H])c(-c2c3ccccc3c(-c3ccc4oc5cc6ccccc6cc5c4c3)c3ccccc23)c(-c2ccc(-c3ccccc3)cc2)c1[2H]. The molecule has 0 amide bonds. The topological polar surface area (TPSA) is 13.1 Å². The second-order valence-corrected chi connectivity index (χ2v) is 12.5. The van der Waals surface area contributed by atoms with Gasteiger partial charge in [0, 0.05) is 10.8 Å². The molecule has 1 nitrogen and oxygen atoms in total. The molecule has 0 aliphatic rings. The molecule has 10 rings (SSSR count). The summed E-state index contributed by atoms with van der Waals surface area (Å²) in [5.74, 6) is 0. The van der Waals surface area contributed by atoms with Crippen LogP contribution in [0.4, 0.5) is 0 Å². The number of benzene rings is 9. The van der Waals surface area contributed by atoms with Gasteiger partial charge in [-0.25, -0.2) is 0 Å². The Morgan fingerprint density at radius 2 is 0.857 bits per heavy atom. The molecule has 0 aliphatic carbocycles. The van der Waals surface area contributed by atoms with Crippen LogP contribution in [0.3, 0.4) is 0 Å². The molecule has 49 heavy (non-hydrogen) atoms. The van der Waals surface area contributed by atoms with E-state index >= 15 is 0 Å². The molecule has 0 N–H and O–H groups in total. The number of fused-ring (bicyclic) bond motifs is 6. The lowest BCUT2D eigenvalue weighted by atomic mass is 9.83. The van der Waals surface area contributed by atoms with Gasteiger partial charge < -0.3 is 4.42 Å². The zero-order chi connectivity index (χ0) is 35.8. The predicted molar refractivity (Wildman–Crippen MR) is 208 cm³/mol. The van der Waals surface area contributed by atoms with Gasteiger partial charge in [-0.2, -0.15) is 0 Å². The molecule has 0 saturated heterocycles. The second kappa shape index (κ2) is 11.1. The molecule has 0 bridgehead atoms. The van der Waals surface area contributed by atoms with Gasteiger partial charge in [0.05, 0.1) is 5.48 Å². The van der Waals surface area contributed by atoms with Crippen molar-refractivity contribution in [3.8, 4) is 44.5 Å².